The lowest BCUT2D eigenvalue weighted by Gasteiger charge is -2.34. The van der Waals surface area contributed by atoms with Crippen LogP contribution >= 0.6 is 12.4 Å². The topological polar surface area (TPSA) is 49.8 Å². The van der Waals surface area contributed by atoms with Crippen molar-refractivity contribution in [2.75, 3.05) is 19.6 Å². The van der Waals surface area contributed by atoms with Gasteiger partial charge in [0.1, 0.15) is 6.10 Å². The molecule has 1 saturated heterocycles. The molecule has 3 rings (SSSR count). The average molecular weight is 418 g/mol. The molecule has 0 amide bonds. The van der Waals surface area contributed by atoms with Crippen LogP contribution in [-0.4, -0.2) is 41.7 Å². The molecule has 1 heterocycles. The van der Waals surface area contributed by atoms with E-state index in [2.05, 4.69) is 60.4 Å². The van der Waals surface area contributed by atoms with Crippen molar-refractivity contribution >= 4 is 18.4 Å². The molecule has 5 heteroatoms. The number of halogens is 1. The largest absolute Gasteiger partial charge is 0.481 e. The van der Waals surface area contributed by atoms with Crippen molar-refractivity contribution in [3.63, 3.8) is 0 Å². The number of piperidine rings is 1. The molecular weight excluding hydrogens is 386 g/mol. The Hall–Kier alpha value is -1.88. The van der Waals surface area contributed by atoms with E-state index in [4.69, 9.17) is 9.84 Å². The lowest BCUT2D eigenvalue weighted by Crippen LogP contribution is -2.38. The Morgan fingerprint density at radius 2 is 1.66 bits per heavy atom. The summed E-state index contributed by atoms with van der Waals surface area (Å²) >= 11 is 0. The Labute approximate surface area is 180 Å². The second-order valence-corrected chi connectivity index (χ2v) is 7.73. The maximum atomic E-state index is 10.6. The summed E-state index contributed by atoms with van der Waals surface area (Å²) in [5.41, 5.74) is 3.65. The zero-order chi connectivity index (χ0) is 19.8. The molecule has 1 aliphatic rings. The van der Waals surface area contributed by atoms with E-state index >= 15 is 0 Å². The van der Waals surface area contributed by atoms with Crippen LogP contribution in [0.5, 0.6) is 0 Å². The van der Waals surface area contributed by atoms with Crippen LogP contribution in [0.15, 0.2) is 54.6 Å². The molecule has 1 N–H and O–H groups in total. The maximum absolute atomic E-state index is 10.6. The number of benzene rings is 2. The van der Waals surface area contributed by atoms with Gasteiger partial charge in [0.05, 0.1) is 6.10 Å². The van der Waals surface area contributed by atoms with Gasteiger partial charge in [-0.25, -0.2) is 0 Å². The Kier molecular flexibility index (Phi) is 9.65. The number of carboxylic acid groups (broad SMARTS) is 1. The van der Waals surface area contributed by atoms with Crippen molar-refractivity contribution in [1.29, 1.82) is 0 Å². The predicted molar refractivity (Wildman–Crippen MR) is 119 cm³/mol. The highest BCUT2D eigenvalue weighted by atomic mass is 35.5. The minimum absolute atomic E-state index is 0. The van der Waals surface area contributed by atoms with Gasteiger partial charge in [0.25, 0.3) is 0 Å². The van der Waals surface area contributed by atoms with Crippen LogP contribution in [0, 0.1) is 6.92 Å². The molecule has 4 nitrogen and oxygen atoms in total. The van der Waals surface area contributed by atoms with Gasteiger partial charge in [-0.05, 0) is 50.3 Å². The van der Waals surface area contributed by atoms with E-state index in [1.807, 2.05) is 6.07 Å². The highest BCUT2D eigenvalue weighted by molar-refractivity contribution is 5.85. The van der Waals surface area contributed by atoms with E-state index < -0.39 is 5.97 Å². The van der Waals surface area contributed by atoms with Crippen LogP contribution in [0.25, 0.3) is 0 Å². The Morgan fingerprint density at radius 1 is 1.03 bits per heavy atom. The number of likely N-dealkylation sites (tertiary alicyclic amines) is 1. The van der Waals surface area contributed by atoms with E-state index in [9.17, 15) is 4.79 Å². The van der Waals surface area contributed by atoms with Gasteiger partial charge < -0.3 is 14.7 Å². The molecule has 2 aromatic carbocycles. The zero-order valence-electron chi connectivity index (χ0n) is 17.1. The van der Waals surface area contributed by atoms with Crippen molar-refractivity contribution in [3.8, 4) is 0 Å². The smallest absolute Gasteiger partial charge is 0.303 e. The molecule has 1 aliphatic heterocycles. The molecule has 1 fully saturated rings. The normalized spacial score (nSPS) is 16.2. The third-order valence-corrected chi connectivity index (χ3v) is 5.46. The zero-order valence-corrected chi connectivity index (χ0v) is 17.9. The third-order valence-electron chi connectivity index (χ3n) is 5.46. The number of ether oxygens (including phenoxy) is 1. The van der Waals surface area contributed by atoms with E-state index in [1.54, 1.807) is 0 Å². The molecule has 0 aromatic heterocycles. The van der Waals surface area contributed by atoms with Gasteiger partial charge in [-0.2, -0.15) is 0 Å². The van der Waals surface area contributed by atoms with Crippen LogP contribution < -0.4 is 0 Å². The number of nitrogens with zero attached hydrogens (tertiary/aromatic N) is 1. The molecule has 0 radical (unpaired) electrons. The van der Waals surface area contributed by atoms with Crippen molar-refractivity contribution < 1.29 is 14.6 Å². The summed E-state index contributed by atoms with van der Waals surface area (Å²) in [7, 11) is 0. The van der Waals surface area contributed by atoms with Gasteiger partial charge in [-0.15, -0.1) is 12.4 Å². The summed E-state index contributed by atoms with van der Waals surface area (Å²) in [5.74, 6) is -0.699. The van der Waals surface area contributed by atoms with Crippen LogP contribution in [-0.2, 0) is 9.53 Å². The van der Waals surface area contributed by atoms with Crippen molar-refractivity contribution in [2.45, 2.75) is 51.2 Å². The van der Waals surface area contributed by atoms with Crippen molar-refractivity contribution in [1.82, 2.24) is 4.90 Å². The minimum atomic E-state index is -0.699. The highest BCUT2D eigenvalue weighted by Gasteiger charge is 2.24. The average Bonchev–Trinajstić information content (AvgIpc) is 2.72. The first kappa shape index (κ1) is 23.4. The van der Waals surface area contributed by atoms with E-state index in [1.165, 1.54) is 16.7 Å². The molecule has 0 spiro atoms. The molecule has 29 heavy (non-hydrogen) atoms. The molecule has 2 aromatic rings. The number of aliphatic carboxylic acids is 1. The summed E-state index contributed by atoms with van der Waals surface area (Å²) in [6.45, 7) is 5.13. The summed E-state index contributed by atoms with van der Waals surface area (Å²) in [4.78, 5) is 13.1. The first-order chi connectivity index (χ1) is 13.6. The van der Waals surface area contributed by atoms with Gasteiger partial charge in [0.2, 0.25) is 0 Å². The summed E-state index contributed by atoms with van der Waals surface area (Å²) < 4.78 is 6.60. The first-order valence-corrected chi connectivity index (χ1v) is 10.3. The van der Waals surface area contributed by atoms with Gasteiger partial charge in [-0.1, -0.05) is 60.2 Å². The van der Waals surface area contributed by atoms with Gasteiger partial charge >= 0.3 is 5.97 Å². The molecule has 0 bridgehead atoms. The number of hydrogen-bond donors (Lipinski definition) is 1. The fourth-order valence-corrected chi connectivity index (χ4v) is 3.79. The van der Waals surface area contributed by atoms with E-state index in [-0.39, 0.29) is 31.0 Å². The quantitative estimate of drug-likeness (QED) is 0.566. The fourth-order valence-electron chi connectivity index (χ4n) is 3.79. The van der Waals surface area contributed by atoms with Crippen LogP contribution in [0.1, 0.15) is 54.9 Å². The minimum Gasteiger partial charge on any atom is -0.481 e. The first-order valence-electron chi connectivity index (χ1n) is 10.3. The Morgan fingerprint density at radius 3 is 2.28 bits per heavy atom. The predicted octanol–water partition coefficient (Wildman–Crippen LogP) is 5.24. The SMILES string of the molecule is Cc1ccc(C(OC2CCN(CCCCC(=O)O)CC2)c2ccccc2)cc1.Cl. The molecule has 0 aliphatic carbocycles. The highest BCUT2D eigenvalue weighted by Crippen LogP contribution is 2.30. The molecular formula is C24H32ClNO3. The summed E-state index contributed by atoms with van der Waals surface area (Å²) in [5, 5.41) is 8.74. The van der Waals surface area contributed by atoms with Crippen LogP contribution in [0.3, 0.4) is 0 Å². The maximum Gasteiger partial charge on any atom is 0.303 e. The number of rotatable bonds is 9. The third kappa shape index (κ3) is 7.46. The lowest BCUT2D eigenvalue weighted by molar-refractivity contribution is -0.137. The fraction of sp³-hybridized carbons (Fsp3) is 0.458. The van der Waals surface area contributed by atoms with Crippen LogP contribution in [0.2, 0.25) is 0 Å². The monoisotopic (exact) mass is 417 g/mol. The van der Waals surface area contributed by atoms with E-state index in [0.29, 0.717) is 0 Å². The van der Waals surface area contributed by atoms with Gasteiger partial charge in [0, 0.05) is 19.5 Å². The van der Waals surface area contributed by atoms with E-state index in [0.717, 1.165) is 45.3 Å². The molecule has 1 atom stereocenters. The number of aryl methyl sites for hydroxylation is 1. The second-order valence-electron chi connectivity index (χ2n) is 7.73. The molecule has 0 saturated carbocycles. The Bertz CT molecular complexity index is 728. The molecule has 158 valence electrons. The lowest BCUT2D eigenvalue weighted by atomic mass is 9.99. The summed E-state index contributed by atoms with van der Waals surface area (Å²) in [6, 6.07) is 19.1. The Balaban J connectivity index is 0.00000300. The van der Waals surface area contributed by atoms with Crippen molar-refractivity contribution in [3.05, 3.63) is 71.3 Å². The van der Waals surface area contributed by atoms with Gasteiger partial charge in [0.15, 0.2) is 0 Å². The number of carbonyl (C=O) groups is 1. The molecule has 1 unspecified atom stereocenters. The summed E-state index contributed by atoms with van der Waals surface area (Å²) in [6.07, 6.45) is 4.25. The number of unbranched alkanes of at least 4 members (excludes halogenated alkanes) is 1. The number of carboxylic acids is 1. The van der Waals surface area contributed by atoms with Crippen LogP contribution in [0.4, 0.5) is 0 Å². The van der Waals surface area contributed by atoms with Crippen molar-refractivity contribution in [2.24, 2.45) is 0 Å². The standard InChI is InChI=1S/C24H31NO3.ClH/c1-19-10-12-21(13-11-19)24(20-7-3-2-4-8-20)28-22-14-17-25(18-15-22)16-6-5-9-23(26)27;/h2-4,7-8,10-13,22,24H,5-6,9,14-18H2,1H3,(H,26,27);1H. The second kappa shape index (κ2) is 12.0. The number of hydrogen-bond acceptors (Lipinski definition) is 3. The van der Waals surface area contributed by atoms with Gasteiger partial charge in [-0.3, -0.25) is 4.79 Å².